The summed E-state index contributed by atoms with van der Waals surface area (Å²) in [6.45, 7) is 0.342. The molecule has 5 rings (SSSR count). The zero-order valence-electron chi connectivity index (χ0n) is 16.8. The highest BCUT2D eigenvalue weighted by molar-refractivity contribution is 6.24. The van der Waals surface area contributed by atoms with E-state index in [1.165, 1.54) is 18.1 Å². The minimum atomic E-state index is -0.719. The molecular weight excluding hydrogens is 396 g/mol. The second-order valence-electron chi connectivity index (χ2n) is 7.96. The first kappa shape index (κ1) is 19.4. The Kier molecular flexibility index (Phi) is 4.55. The summed E-state index contributed by atoms with van der Waals surface area (Å²) in [4.78, 5) is 54.4. The number of amides is 2. The number of ketones is 1. The van der Waals surface area contributed by atoms with Gasteiger partial charge in [-0.3, -0.25) is 19.3 Å². The van der Waals surface area contributed by atoms with Gasteiger partial charge in [-0.25, -0.2) is 9.69 Å². The van der Waals surface area contributed by atoms with Crippen molar-refractivity contribution in [2.45, 2.75) is 18.6 Å². The Balaban J connectivity index is 1.48. The summed E-state index contributed by atoms with van der Waals surface area (Å²) < 4.78 is 4.78. The predicted octanol–water partition coefficient (Wildman–Crippen LogP) is 1.97. The van der Waals surface area contributed by atoms with E-state index in [4.69, 9.17) is 4.74 Å². The first-order chi connectivity index (χ1) is 15.0. The molecular formula is C24H20N2O5. The summed E-state index contributed by atoms with van der Waals surface area (Å²) in [6, 6.07) is 14.7. The highest BCUT2D eigenvalue weighted by atomic mass is 16.5. The molecule has 3 heterocycles. The number of hydrogen-bond acceptors (Lipinski definition) is 6. The summed E-state index contributed by atoms with van der Waals surface area (Å²) in [5.74, 6) is -2.56. The fourth-order valence-electron chi connectivity index (χ4n) is 5.03. The molecule has 2 amide bonds. The van der Waals surface area contributed by atoms with Crippen LogP contribution < -0.4 is 4.90 Å². The fraction of sp³-hybridized carbons (Fsp3) is 0.250. The standard InChI is InChI=1S/C24H20N2O5/c1-31-24(30)15-7-5-6-14(12-15)13-25-17-10-11-18(27)21(25)20-19(17)22(28)26(23(20)29)16-8-3-2-4-9-16/h2-12,17,19-21H,13H2,1H3/t17-,19?,20?,21+/m0/s1. The number of esters is 1. The Morgan fingerprint density at radius 3 is 2.45 bits per heavy atom. The van der Waals surface area contributed by atoms with E-state index in [0.717, 1.165) is 5.56 Å². The number of rotatable bonds is 4. The van der Waals surface area contributed by atoms with Crippen LogP contribution in [0, 0.1) is 11.8 Å². The molecule has 2 unspecified atom stereocenters. The van der Waals surface area contributed by atoms with Crippen LogP contribution in [-0.2, 0) is 25.7 Å². The molecule has 0 spiro atoms. The number of carbonyl (C=O) groups is 4. The number of anilines is 1. The van der Waals surface area contributed by atoms with Gasteiger partial charge >= 0.3 is 5.97 Å². The van der Waals surface area contributed by atoms with Crippen molar-refractivity contribution in [3.8, 4) is 0 Å². The summed E-state index contributed by atoms with van der Waals surface area (Å²) in [5.41, 5.74) is 1.74. The van der Waals surface area contributed by atoms with Gasteiger partial charge in [0.2, 0.25) is 11.8 Å². The molecule has 0 saturated carbocycles. The molecule has 2 aromatic carbocycles. The lowest BCUT2D eigenvalue weighted by molar-refractivity contribution is -0.129. The molecule has 2 fully saturated rings. The van der Waals surface area contributed by atoms with Gasteiger partial charge in [0.15, 0.2) is 5.78 Å². The lowest BCUT2D eigenvalue weighted by atomic mass is 9.90. The van der Waals surface area contributed by atoms with Crippen LogP contribution in [0.3, 0.4) is 0 Å². The van der Waals surface area contributed by atoms with E-state index in [-0.39, 0.29) is 23.6 Å². The maximum atomic E-state index is 13.3. The third-order valence-corrected chi connectivity index (χ3v) is 6.32. The van der Waals surface area contributed by atoms with Crippen LogP contribution in [0.1, 0.15) is 15.9 Å². The predicted molar refractivity (Wildman–Crippen MR) is 111 cm³/mol. The third kappa shape index (κ3) is 2.92. The van der Waals surface area contributed by atoms with Crippen molar-refractivity contribution >= 4 is 29.3 Å². The van der Waals surface area contributed by atoms with Crippen LogP contribution in [-0.4, -0.2) is 47.7 Å². The van der Waals surface area contributed by atoms with E-state index in [9.17, 15) is 19.2 Å². The largest absolute Gasteiger partial charge is 0.465 e. The number of nitrogens with zero attached hydrogens (tertiary/aromatic N) is 2. The molecule has 3 aliphatic rings. The van der Waals surface area contributed by atoms with Crippen molar-refractivity contribution in [3.05, 3.63) is 77.9 Å². The van der Waals surface area contributed by atoms with E-state index in [1.807, 2.05) is 17.0 Å². The van der Waals surface area contributed by atoms with Gasteiger partial charge in [-0.2, -0.15) is 0 Å². The molecule has 0 aromatic heterocycles. The fourth-order valence-corrected chi connectivity index (χ4v) is 5.03. The van der Waals surface area contributed by atoms with Gasteiger partial charge in [0.1, 0.15) is 0 Å². The topological polar surface area (TPSA) is 84.0 Å². The van der Waals surface area contributed by atoms with E-state index < -0.39 is 23.8 Å². The summed E-state index contributed by atoms with van der Waals surface area (Å²) >= 11 is 0. The summed E-state index contributed by atoms with van der Waals surface area (Å²) in [7, 11) is 1.32. The second-order valence-corrected chi connectivity index (χ2v) is 7.96. The molecule has 0 radical (unpaired) electrons. The van der Waals surface area contributed by atoms with Crippen LogP contribution >= 0.6 is 0 Å². The minimum absolute atomic E-state index is 0.177. The average molecular weight is 416 g/mol. The van der Waals surface area contributed by atoms with Crippen molar-refractivity contribution in [1.29, 1.82) is 0 Å². The summed E-state index contributed by atoms with van der Waals surface area (Å²) in [6.07, 6.45) is 3.22. The number of ether oxygens (including phenoxy) is 1. The van der Waals surface area contributed by atoms with Gasteiger partial charge in [-0.15, -0.1) is 0 Å². The van der Waals surface area contributed by atoms with Crippen LogP contribution in [0.25, 0.3) is 0 Å². The lowest BCUT2D eigenvalue weighted by Gasteiger charge is -2.33. The molecule has 0 N–H and O–H groups in total. The minimum Gasteiger partial charge on any atom is -0.465 e. The molecule has 0 aliphatic carbocycles. The van der Waals surface area contributed by atoms with Crippen LogP contribution in [0.2, 0.25) is 0 Å². The second kappa shape index (κ2) is 7.28. The average Bonchev–Trinajstić information content (AvgIpc) is 3.17. The Morgan fingerprint density at radius 2 is 1.71 bits per heavy atom. The van der Waals surface area contributed by atoms with Crippen molar-refractivity contribution in [2.75, 3.05) is 12.0 Å². The van der Waals surface area contributed by atoms with E-state index in [2.05, 4.69) is 0 Å². The van der Waals surface area contributed by atoms with E-state index >= 15 is 0 Å². The molecule has 31 heavy (non-hydrogen) atoms. The maximum Gasteiger partial charge on any atom is 0.337 e. The SMILES string of the molecule is COC(=O)c1cccc(CN2[C@@H]3C(=O)C=C[C@H]2C2C(=O)N(c4ccccc4)C(=O)C23)c1. The highest BCUT2D eigenvalue weighted by Gasteiger charge is 2.64. The zero-order chi connectivity index (χ0) is 21.7. The highest BCUT2D eigenvalue weighted by Crippen LogP contribution is 2.47. The zero-order valence-corrected chi connectivity index (χ0v) is 16.8. The molecule has 2 saturated heterocycles. The monoisotopic (exact) mass is 416 g/mol. The van der Waals surface area contributed by atoms with Gasteiger partial charge in [-0.05, 0) is 35.9 Å². The van der Waals surface area contributed by atoms with Gasteiger partial charge in [-0.1, -0.05) is 36.4 Å². The molecule has 7 heteroatoms. The normalized spacial score (nSPS) is 27.0. The number of imide groups is 1. The van der Waals surface area contributed by atoms with E-state index in [0.29, 0.717) is 17.8 Å². The number of carbonyl (C=O) groups excluding carboxylic acids is 4. The van der Waals surface area contributed by atoms with Crippen molar-refractivity contribution < 1.29 is 23.9 Å². The maximum absolute atomic E-state index is 13.3. The first-order valence-electron chi connectivity index (χ1n) is 10.1. The lowest BCUT2D eigenvalue weighted by Crippen LogP contribution is -2.48. The first-order valence-corrected chi connectivity index (χ1v) is 10.1. The molecule has 2 aromatic rings. The number of fused-ring (bicyclic) bond motifs is 5. The Morgan fingerprint density at radius 1 is 0.968 bits per heavy atom. The Hall–Kier alpha value is -3.58. The number of benzene rings is 2. The van der Waals surface area contributed by atoms with Crippen LogP contribution in [0.5, 0.6) is 0 Å². The number of para-hydroxylation sites is 1. The Bertz CT molecular complexity index is 1130. The molecule has 4 atom stereocenters. The molecule has 156 valence electrons. The smallest absolute Gasteiger partial charge is 0.337 e. The van der Waals surface area contributed by atoms with Crippen molar-refractivity contribution in [2.24, 2.45) is 11.8 Å². The van der Waals surface area contributed by atoms with Gasteiger partial charge < -0.3 is 4.74 Å². The molecule has 7 nitrogen and oxygen atoms in total. The number of hydrogen-bond donors (Lipinski definition) is 0. The molecule has 2 bridgehead atoms. The van der Waals surface area contributed by atoms with Gasteiger partial charge in [0.05, 0.1) is 36.2 Å². The van der Waals surface area contributed by atoms with Crippen molar-refractivity contribution in [1.82, 2.24) is 4.90 Å². The summed E-state index contributed by atoms with van der Waals surface area (Å²) in [5, 5.41) is 0. The molecule has 3 aliphatic heterocycles. The van der Waals surface area contributed by atoms with Gasteiger partial charge in [0, 0.05) is 12.6 Å². The van der Waals surface area contributed by atoms with Gasteiger partial charge in [0.25, 0.3) is 0 Å². The Labute approximate surface area is 178 Å². The van der Waals surface area contributed by atoms with Crippen LogP contribution in [0.15, 0.2) is 66.7 Å². The van der Waals surface area contributed by atoms with E-state index in [1.54, 1.807) is 48.5 Å². The quantitative estimate of drug-likeness (QED) is 0.560. The van der Waals surface area contributed by atoms with Crippen LogP contribution in [0.4, 0.5) is 5.69 Å². The number of methoxy groups -OCH3 is 1. The van der Waals surface area contributed by atoms with Crippen molar-refractivity contribution in [3.63, 3.8) is 0 Å². The third-order valence-electron chi connectivity index (χ3n) is 6.32.